The van der Waals surface area contributed by atoms with Gasteiger partial charge in [0.15, 0.2) is 9.84 Å². The first-order valence-electron chi connectivity index (χ1n) is 7.17. The molecule has 1 N–H and O–H groups in total. The third-order valence-corrected chi connectivity index (χ3v) is 6.60. The zero-order valence-corrected chi connectivity index (χ0v) is 14.6. The van der Waals surface area contributed by atoms with Gasteiger partial charge in [-0.1, -0.05) is 24.6 Å². The van der Waals surface area contributed by atoms with Crippen LogP contribution in [-0.4, -0.2) is 22.6 Å². The zero-order valence-electron chi connectivity index (χ0n) is 13.0. The minimum absolute atomic E-state index is 0.0709. The Morgan fingerprint density at radius 2 is 1.35 bits per heavy atom. The molecule has 23 heavy (non-hydrogen) atoms. The van der Waals surface area contributed by atoms with Crippen molar-refractivity contribution in [1.29, 1.82) is 0 Å². The molecule has 0 saturated carbocycles. The minimum atomic E-state index is -3.69. The standard InChI is InChI=1S/C16H19NO4S2/c1-3-12-22(18,19)15-10-6-14(7-11-15)17-23(20,21)16-8-4-13(2)5-9-16/h4-11,17H,3,12H2,1-2H3. The molecule has 5 nitrogen and oxygen atoms in total. The molecule has 0 fully saturated rings. The van der Waals surface area contributed by atoms with E-state index in [1.807, 2.05) is 6.92 Å². The molecule has 0 atom stereocenters. The summed E-state index contributed by atoms with van der Waals surface area (Å²) >= 11 is 0. The highest BCUT2D eigenvalue weighted by Crippen LogP contribution is 2.19. The highest BCUT2D eigenvalue weighted by Gasteiger charge is 2.16. The second-order valence-electron chi connectivity index (χ2n) is 5.26. The zero-order chi connectivity index (χ0) is 17.1. The van der Waals surface area contributed by atoms with Gasteiger partial charge in [0, 0.05) is 5.69 Å². The molecule has 2 rings (SSSR count). The summed E-state index contributed by atoms with van der Waals surface area (Å²) in [7, 11) is -6.99. The van der Waals surface area contributed by atoms with Crippen LogP contribution in [0.4, 0.5) is 5.69 Å². The van der Waals surface area contributed by atoms with Gasteiger partial charge >= 0.3 is 0 Å². The molecule has 0 bridgehead atoms. The van der Waals surface area contributed by atoms with Crippen LogP contribution in [0, 0.1) is 6.92 Å². The highest BCUT2D eigenvalue weighted by molar-refractivity contribution is 7.92. The van der Waals surface area contributed by atoms with Gasteiger partial charge in [0.2, 0.25) is 0 Å². The minimum Gasteiger partial charge on any atom is -0.280 e. The van der Waals surface area contributed by atoms with Gasteiger partial charge in [-0.25, -0.2) is 16.8 Å². The Bertz CT molecular complexity index is 869. The predicted octanol–water partition coefficient (Wildman–Crippen LogP) is 2.98. The number of sulfonamides is 1. The van der Waals surface area contributed by atoms with E-state index in [0.29, 0.717) is 12.1 Å². The summed E-state index contributed by atoms with van der Waals surface area (Å²) in [5, 5.41) is 0. The molecule has 2 aromatic carbocycles. The Kier molecular flexibility index (Phi) is 5.11. The SMILES string of the molecule is CCCS(=O)(=O)c1ccc(NS(=O)(=O)c2ccc(C)cc2)cc1. The second-order valence-corrected chi connectivity index (χ2v) is 9.05. The second kappa shape index (κ2) is 6.72. The Balaban J connectivity index is 2.22. The van der Waals surface area contributed by atoms with Crippen LogP contribution in [0.1, 0.15) is 18.9 Å². The molecule has 2 aromatic rings. The van der Waals surface area contributed by atoms with Crippen molar-refractivity contribution in [2.24, 2.45) is 0 Å². The number of hydrogen-bond donors (Lipinski definition) is 1. The lowest BCUT2D eigenvalue weighted by Gasteiger charge is -2.09. The van der Waals surface area contributed by atoms with Crippen molar-refractivity contribution in [3.63, 3.8) is 0 Å². The third-order valence-electron chi connectivity index (χ3n) is 3.27. The molecule has 0 aliphatic rings. The molecule has 7 heteroatoms. The van der Waals surface area contributed by atoms with Gasteiger partial charge in [-0.3, -0.25) is 4.72 Å². The number of aryl methyl sites for hydroxylation is 1. The normalized spacial score (nSPS) is 12.1. The topological polar surface area (TPSA) is 80.3 Å². The molecule has 0 spiro atoms. The van der Waals surface area contributed by atoms with Crippen molar-refractivity contribution < 1.29 is 16.8 Å². The first-order valence-corrected chi connectivity index (χ1v) is 10.3. The van der Waals surface area contributed by atoms with E-state index in [1.165, 1.54) is 36.4 Å². The molecule has 0 aliphatic carbocycles. The molecule has 0 heterocycles. The van der Waals surface area contributed by atoms with Gasteiger partial charge in [-0.2, -0.15) is 0 Å². The van der Waals surface area contributed by atoms with Crippen molar-refractivity contribution in [3.05, 3.63) is 54.1 Å². The van der Waals surface area contributed by atoms with Gasteiger partial charge in [-0.05, 0) is 49.7 Å². The van der Waals surface area contributed by atoms with Gasteiger partial charge < -0.3 is 0 Å². The van der Waals surface area contributed by atoms with Crippen molar-refractivity contribution in [2.45, 2.75) is 30.1 Å². The van der Waals surface area contributed by atoms with Crippen LogP contribution in [0.2, 0.25) is 0 Å². The fourth-order valence-electron chi connectivity index (χ4n) is 2.05. The number of sulfone groups is 1. The molecule has 0 amide bonds. The van der Waals surface area contributed by atoms with Crippen LogP contribution in [0.25, 0.3) is 0 Å². The van der Waals surface area contributed by atoms with Crippen LogP contribution >= 0.6 is 0 Å². The van der Waals surface area contributed by atoms with Gasteiger partial charge in [0.25, 0.3) is 10.0 Å². The Hall–Kier alpha value is -1.86. The van der Waals surface area contributed by atoms with Crippen LogP contribution in [0.5, 0.6) is 0 Å². The summed E-state index contributed by atoms with van der Waals surface area (Å²) in [6.07, 6.45) is 0.532. The van der Waals surface area contributed by atoms with Crippen molar-refractivity contribution in [3.8, 4) is 0 Å². The highest BCUT2D eigenvalue weighted by atomic mass is 32.2. The number of anilines is 1. The lowest BCUT2D eigenvalue weighted by Crippen LogP contribution is -2.13. The predicted molar refractivity (Wildman–Crippen MR) is 90.8 cm³/mol. The van der Waals surface area contributed by atoms with Crippen molar-refractivity contribution in [2.75, 3.05) is 10.5 Å². The van der Waals surface area contributed by atoms with Crippen LogP contribution < -0.4 is 4.72 Å². The fraction of sp³-hybridized carbons (Fsp3) is 0.250. The number of hydrogen-bond acceptors (Lipinski definition) is 4. The Labute approximate surface area is 137 Å². The maximum atomic E-state index is 12.3. The van der Waals surface area contributed by atoms with E-state index in [9.17, 15) is 16.8 Å². The number of benzene rings is 2. The molecule has 0 aliphatic heterocycles. The van der Waals surface area contributed by atoms with Gasteiger partial charge in [0.1, 0.15) is 0 Å². The average Bonchev–Trinajstić information content (AvgIpc) is 2.48. The first kappa shape index (κ1) is 17.5. The van der Waals surface area contributed by atoms with Gasteiger partial charge in [-0.15, -0.1) is 0 Å². The molecule has 0 radical (unpaired) electrons. The van der Waals surface area contributed by atoms with Gasteiger partial charge in [0.05, 0.1) is 15.5 Å². The summed E-state index contributed by atoms with van der Waals surface area (Å²) in [5.41, 5.74) is 1.29. The van der Waals surface area contributed by atoms with Crippen LogP contribution in [0.3, 0.4) is 0 Å². The van der Waals surface area contributed by atoms with E-state index in [1.54, 1.807) is 19.1 Å². The molecular weight excluding hydrogens is 334 g/mol. The Morgan fingerprint density at radius 3 is 1.87 bits per heavy atom. The number of nitrogens with one attached hydrogen (secondary N) is 1. The Morgan fingerprint density at radius 1 is 0.826 bits per heavy atom. The molecule has 0 aromatic heterocycles. The maximum absolute atomic E-state index is 12.3. The van der Waals surface area contributed by atoms with E-state index in [0.717, 1.165) is 5.56 Å². The molecular formula is C16H19NO4S2. The van der Waals surface area contributed by atoms with Crippen LogP contribution in [-0.2, 0) is 19.9 Å². The summed E-state index contributed by atoms with van der Waals surface area (Å²) in [6.45, 7) is 3.67. The lowest BCUT2D eigenvalue weighted by atomic mass is 10.2. The van der Waals surface area contributed by atoms with E-state index in [-0.39, 0.29) is 15.5 Å². The summed E-state index contributed by atoms with van der Waals surface area (Å²) in [6, 6.07) is 12.2. The summed E-state index contributed by atoms with van der Waals surface area (Å²) < 4.78 is 50.9. The fourth-order valence-corrected chi connectivity index (χ4v) is 4.43. The average molecular weight is 353 g/mol. The van der Waals surface area contributed by atoms with E-state index < -0.39 is 19.9 Å². The summed E-state index contributed by atoms with van der Waals surface area (Å²) in [4.78, 5) is 0.350. The summed E-state index contributed by atoms with van der Waals surface area (Å²) in [5.74, 6) is 0.0709. The first-order chi connectivity index (χ1) is 10.7. The quantitative estimate of drug-likeness (QED) is 0.866. The van der Waals surface area contributed by atoms with Crippen molar-refractivity contribution in [1.82, 2.24) is 0 Å². The molecule has 0 unspecified atom stereocenters. The van der Waals surface area contributed by atoms with E-state index in [4.69, 9.17) is 0 Å². The number of rotatable bonds is 6. The maximum Gasteiger partial charge on any atom is 0.261 e. The molecule has 0 saturated heterocycles. The largest absolute Gasteiger partial charge is 0.280 e. The molecule has 124 valence electrons. The lowest BCUT2D eigenvalue weighted by molar-refractivity contribution is 0.594. The smallest absolute Gasteiger partial charge is 0.261 e. The van der Waals surface area contributed by atoms with E-state index >= 15 is 0 Å². The monoisotopic (exact) mass is 353 g/mol. The van der Waals surface area contributed by atoms with Crippen LogP contribution in [0.15, 0.2) is 58.3 Å². The third kappa shape index (κ3) is 4.33. The van der Waals surface area contributed by atoms with Crippen molar-refractivity contribution >= 4 is 25.5 Å². The van der Waals surface area contributed by atoms with E-state index in [2.05, 4.69) is 4.72 Å².